The molecule has 1 spiro atoms. The predicted octanol–water partition coefficient (Wildman–Crippen LogP) is 1.92. The third-order valence-corrected chi connectivity index (χ3v) is 5.73. The van der Waals surface area contributed by atoms with E-state index in [9.17, 15) is 9.59 Å². The van der Waals surface area contributed by atoms with Crippen molar-refractivity contribution in [1.82, 2.24) is 14.9 Å². The Morgan fingerprint density at radius 2 is 2.15 bits per heavy atom. The molecule has 0 aromatic carbocycles. The molecule has 2 aliphatic rings. The molecule has 2 atom stereocenters. The highest BCUT2D eigenvalue weighted by atomic mass is 16.2. The predicted molar refractivity (Wildman–Crippen MR) is 97.3 cm³/mol. The summed E-state index contributed by atoms with van der Waals surface area (Å²) in [6.45, 7) is 3.88. The first kappa shape index (κ1) is 16.7. The van der Waals surface area contributed by atoms with E-state index in [4.69, 9.17) is 0 Å². The van der Waals surface area contributed by atoms with Crippen LogP contribution in [0.5, 0.6) is 0 Å². The molecule has 0 unspecified atom stereocenters. The van der Waals surface area contributed by atoms with E-state index in [0.29, 0.717) is 19.6 Å². The van der Waals surface area contributed by atoms with Crippen LogP contribution in [0, 0.1) is 11.3 Å². The third-order valence-electron chi connectivity index (χ3n) is 5.73. The topological polar surface area (TPSA) is 66.4 Å². The van der Waals surface area contributed by atoms with Crippen molar-refractivity contribution in [3.05, 3.63) is 54.6 Å². The number of carbonyl (C=O) groups excluding carboxylic acids is 2. The van der Waals surface area contributed by atoms with Gasteiger partial charge >= 0.3 is 0 Å². The molecular formula is C20H22N4O2. The Labute approximate surface area is 152 Å². The highest BCUT2D eigenvalue weighted by Crippen LogP contribution is 2.45. The molecule has 2 amide bonds. The van der Waals surface area contributed by atoms with Crippen LogP contribution >= 0.6 is 0 Å². The van der Waals surface area contributed by atoms with Crippen molar-refractivity contribution in [2.75, 3.05) is 24.5 Å². The van der Waals surface area contributed by atoms with Crippen molar-refractivity contribution in [2.24, 2.45) is 11.3 Å². The molecule has 0 bridgehead atoms. The fourth-order valence-electron chi connectivity index (χ4n) is 4.18. The first-order valence-corrected chi connectivity index (χ1v) is 9.00. The monoisotopic (exact) mass is 350 g/mol. The third kappa shape index (κ3) is 2.75. The Morgan fingerprint density at radius 3 is 2.88 bits per heavy atom. The van der Waals surface area contributed by atoms with E-state index < -0.39 is 5.41 Å². The van der Waals surface area contributed by atoms with E-state index in [0.717, 1.165) is 17.8 Å². The molecule has 0 N–H and O–H groups in total. The number of hydrogen-bond donors (Lipinski definition) is 0. The number of amides is 2. The second-order valence-electron chi connectivity index (χ2n) is 7.25. The lowest BCUT2D eigenvalue weighted by molar-refractivity contribution is -0.130. The molecule has 2 aliphatic heterocycles. The van der Waals surface area contributed by atoms with Crippen molar-refractivity contribution in [3.63, 3.8) is 0 Å². The SMILES string of the molecule is C[C@@H]1CN(C(=O)Cc2ccccn2)C[C@]12CCN(c1cccnc1)C2=O. The van der Waals surface area contributed by atoms with Crippen molar-refractivity contribution >= 4 is 17.5 Å². The second-order valence-corrected chi connectivity index (χ2v) is 7.25. The Kier molecular flexibility index (Phi) is 4.18. The lowest BCUT2D eigenvalue weighted by Crippen LogP contribution is -2.40. The maximum Gasteiger partial charge on any atom is 0.235 e. The van der Waals surface area contributed by atoms with Crippen LogP contribution < -0.4 is 4.90 Å². The number of aromatic nitrogens is 2. The average Bonchev–Trinajstić information content (AvgIpc) is 3.18. The van der Waals surface area contributed by atoms with Gasteiger partial charge < -0.3 is 9.80 Å². The number of nitrogens with zero attached hydrogens (tertiary/aromatic N) is 4. The van der Waals surface area contributed by atoms with Gasteiger partial charge in [-0.1, -0.05) is 13.0 Å². The molecule has 2 aromatic rings. The summed E-state index contributed by atoms with van der Waals surface area (Å²) in [7, 11) is 0. The zero-order chi connectivity index (χ0) is 18.1. The van der Waals surface area contributed by atoms with E-state index in [-0.39, 0.29) is 24.2 Å². The van der Waals surface area contributed by atoms with Gasteiger partial charge in [-0.25, -0.2) is 0 Å². The Bertz CT molecular complexity index is 811. The van der Waals surface area contributed by atoms with Gasteiger partial charge in [0, 0.05) is 37.7 Å². The van der Waals surface area contributed by atoms with Crippen LogP contribution in [0.4, 0.5) is 5.69 Å². The molecule has 0 radical (unpaired) electrons. The quantitative estimate of drug-likeness (QED) is 0.848. The van der Waals surface area contributed by atoms with Gasteiger partial charge in [-0.2, -0.15) is 0 Å². The van der Waals surface area contributed by atoms with Crippen LogP contribution in [0.15, 0.2) is 48.9 Å². The minimum Gasteiger partial charge on any atom is -0.341 e. The molecule has 6 nitrogen and oxygen atoms in total. The van der Waals surface area contributed by atoms with Crippen LogP contribution in [-0.2, 0) is 16.0 Å². The van der Waals surface area contributed by atoms with Crippen molar-refractivity contribution in [1.29, 1.82) is 0 Å². The van der Waals surface area contributed by atoms with Crippen LogP contribution in [0.3, 0.4) is 0 Å². The van der Waals surface area contributed by atoms with Crippen LogP contribution in [-0.4, -0.2) is 46.3 Å². The van der Waals surface area contributed by atoms with E-state index in [1.807, 2.05) is 40.1 Å². The van der Waals surface area contributed by atoms with Gasteiger partial charge in [0.25, 0.3) is 0 Å². The maximum atomic E-state index is 13.2. The zero-order valence-electron chi connectivity index (χ0n) is 14.8. The summed E-state index contributed by atoms with van der Waals surface area (Å²) in [5, 5.41) is 0. The van der Waals surface area contributed by atoms with Gasteiger partial charge in [0.2, 0.25) is 11.8 Å². The molecule has 6 heteroatoms. The Hall–Kier alpha value is -2.76. The Morgan fingerprint density at radius 1 is 1.27 bits per heavy atom. The fourth-order valence-corrected chi connectivity index (χ4v) is 4.18. The molecule has 0 aliphatic carbocycles. The number of pyridine rings is 2. The Balaban J connectivity index is 1.50. The largest absolute Gasteiger partial charge is 0.341 e. The molecule has 4 rings (SSSR count). The number of hydrogen-bond acceptors (Lipinski definition) is 4. The smallest absolute Gasteiger partial charge is 0.235 e. The highest BCUT2D eigenvalue weighted by molar-refractivity contribution is 6.01. The summed E-state index contributed by atoms with van der Waals surface area (Å²) in [4.78, 5) is 37.9. The van der Waals surface area contributed by atoms with Crippen LogP contribution in [0.1, 0.15) is 19.0 Å². The van der Waals surface area contributed by atoms with Gasteiger partial charge in [0.15, 0.2) is 0 Å². The van der Waals surface area contributed by atoms with Gasteiger partial charge in [-0.3, -0.25) is 19.6 Å². The van der Waals surface area contributed by atoms with Crippen molar-refractivity contribution in [3.8, 4) is 0 Å². The fraction of sp³-hybridized carbons (Fsp3) is 0.400. The average molecular weight is 350 g/mol. The minimum atomic E-state index is -0.477. The number of likely N-dealkylation sites (tertiary alicyclic amines) is 1. The molecule has 2 saturated heterocycles. The molecular weight excluding hydrogens is 328 g/mol. The number of anilines is 1. The van der Waals surface area contributed by atoms with Gasteiger partial charge in [-0.15, -0.1) is 0 Å². The molecule has 4 heterocycles. The number of rotatable bonds is 3. The van der Waals surface area contributed by atoms with E-state index >= 15 is 0 Å². The maximum absolute atomic E-state index is 13.2. The normalized spacial score (nSPS) is 25.3. The van der Waals surface area contributed by atoms with Gasteiger partial charge in [0.1, 0.15) is 0 Å². The minimum absolute atomic E-state index is 0.0417. The zero-order valence-corrected chi connectivity index (χ0v) is 14.8. The van der Waals surface area contributed by atoms with Crippen LogP contribution in [0.2, 0.25) is 0 Å². The standard InChI is InChI=1S/C20H22N4O2/c1-15-13-23(18(25)11-16-5-2-3-9-22-16)14-20(15)7-10-24(19(20)26)17-6-4-8-21-12-17/h2-6,8-9,12,15H,7,10-11,13-14H2,1H3/t15-,20-/m1/s1. The van der Waals surface area contributed by atoms with Crippen LogP contribution in [0.25, 0.3) is 0 Å². The number of carbonyl (C=O) groups is 2. The second kappa shape index (κ2) is 6.52. The van der Waals surface area contributed by atoms with E-state index in [1.165, 1.54) is 0 Å². The molecule has 2 aromatic heterocycles. The first-order chi connectivity index (χ1) is 12.6. The summed E-state index contributed by atoms with van der Waals surface area (Å²) < 4.78 is 0. The molecule has 2 fully saturated rings. The first-order valence-electron chi connectivity index (χ1n) is 9.00. The molecule has 134 valence electrons. The highest BCUT2D eigenvalue weighted by Gasteiger charge is 2.56. The lowest BCUT2D eigenvalue weighted by Gasteiger charge is -2.26. The van der Waals surface area contributed by atoms with Crippen molar-refractivity contribution in [2.45, 2.75) is 19.8 Å². The lowest BCUT2D eigenvalue weighted by atomic mass is 9.78. The molecule has 0 saturated carbocycles. The summed E-state index contributed by atoms with van der Waals surface area (Å²) in [6.07, 6.45) is 6.18. The van der Waals surface area contributed by atoms with Gasteiger partial charge in [-0.05, 0) is 36.6 Å². The van der Waals surface area contributed by atoms with E-state index in [1.54, 1.807) is 18.6 Å². The summed E-state index contributed by atoms with van der Waals surface area (Å²) in [5.41, 5.74) is 1.12. The van der Waals surface area contributed by atoms with Gasteiger partial charge in [0.05, 0.1) is 23.7 Å². The summed E-state index contributed by atoms with van der Waals surface area (Å²) in [6, 6.07) is 9.33. The molecule has 26 heavy (non-hydrogen) atoms. The summed E-state index contributed by atoms with van der Waals surface area (Å²) >= 11 is 0. The van der Waals surface area contributed by atoms with Crippen molar-refractivity contribution < 1.29 is 9.59 Å². The summed E-state index contributed by atoms with van der Waals surface area (Å²) in [5.74, 6) is 0.301. The van der Waals surface area contributed by atoms with E-state index in [2.05, 4.69) is 16.9 Å².